The van der Waals surface area contributed by atoms with Crippen LogP contribution in [0.5, 0.6) is 23.0 Å². The van der Waals surface area contributed by atoms with Gasteiger partial charge in [-0.3, -0.25) is 0 Å². The third-order valence-electron chi connectivity index (χ3n) is 12.7. The molecule has 2 heterocycles. The van der Waals surface area contributed by atoms with Gasteiger partial charge >= 0.3 is 0 Å². The summed E-state index contributed by atoms with van der Waals surface area (Å²) in [5.74, 6) is 3.40. The van der Waals surface area contributed by atoms with Gasteiger partial charge in [0.1, 0.15) is 48.4 Å². The van der Waals surface area contributed by atoms with E-state index < -0.39 is 0 Å². The number of hydrogen-bond donors (Lipinski definition) is 2. The number of nitrogens with zero attached hydrogens (tertiary/aromatic N) is 2. The van der Waals surface area contributed by atoms with Crippen molar-refractivity contribution in [3.63, 3.8) is 0 Å². The first-order valence-corrected chi connectivity index (χ1v) is 23.7. The third-order valence-corrected chi connectivity index (χ3v) is 12.7. The SMILES string of the molecule is CCC(C)(C)CN(Cc1ccccc1OCC1CO1)c1ccc(Cc2ccc(N(CNc3ccc(Oc4ccc(NC(C)(C)CC)cc4)cc3)Cc3ccccc3OCC3CO3)cc2)cc1. The molecule has 0 saturated carbocycles. The van der Waals surface area contributed by atoms with Gasteiger partial charge in [-0.2, -0.15) is 0 Å². The zero-order valence-corrected chi connectivity index (χ0v) is 39.7. The molecule has 2 aliphatic heterocycles. The zero-order chi connectivity index (χ0) is 45.9. The van der Waals surface area contributed by atoms with Crippen molar-refractivity contribution < 1.29 is 23.7 Å². The maximum atomic E-state index is 6.25. The lowest BCUT2D eigenvalue weighted by Gasteiger charge is -2.34. The fourth-order valence-corrected chi connectivity index (χ4v) is 7.70. The first-order chi connectivity index (χ1) is 32.0. The van der Waals surface area contributed by atoms with Gasteiger partial charge in [-0.05, 0) is 135 Å². The van der Waals surface area contributed by atoms with Crippen LogP contribution in [0.1, 0.15) is 76.6 Å². The standard InChI is InChI=1S/C57H68N4O5/c1-7-56(3,4)40-60(34-44-13-9-11-15-54(44)64-38-52-36-62-52)48-25-17-42(18-26-48)33-43-19-27-49(28-20-43)61(35-45-14-10-12-16-55(45)65-39-53-37-63-53)41-58-46-21-29-50(30-22-46)66-51-31-23-47(24-32-51)59-57(5,6)8-2/h9-32,52-53,58-59H,7-8,33-41H2,1-6H3. The van der Waals surface area contributed by atoms with Crippen LogP contribution in [-0.2, 0) is 29.0 Å². The molecule has 346 valence electrons. The molecule has 0 bridgehead atoms. The Hall–Kier alpha value is -6.16. The summed E-state index contributed by atoms with van der Waals surface area (Å²) in [6, 6.07) is 51.1. The van der Waals surface area contributed by atoms with Crippen LogP contribution < -0.4 is 34.6 Å². The number of ether oxygens (including phenoxy) is 5. The molecular formula is C57H68N4O5. The Labute approximate surface area is 393 Å². The normalized spacial score (nSPS) is 15.4. The molecule has 9 heteroatoms. The highest BCUT2D eigenvalue weighted by atomic mass is 16.6. The summed E-state index contributed by atoms with van der Waals surface area (Å²) in [6.45, 7) is 19.2. The summed E-state index contributed by atoms with van der Waals surface area (Å²) in [7, 11) is 0. The molecule has 6 aromatic rings. The van der Waals surface area contributed by atoms with E-state index >= 15 is 0 Å². The molecule has 0 aliphatic carbocycles. The summed E-state index contributed by atoms with van der Waals surface area (Å²) in [5, 5.41) is 7.25. The van der Waals surface area contributed by atoms with Crippen LogP contribution in [0.2, 0.25) is 0 Å². The lowest BCUT2D eigenvalue weighted by atomic mass is 9.89. The van der Waals surface area contributed by atoms with Gasteiger partial charge in [0.2, 0.25) is 0 Å². The Kier molecular flexibility index (Phi) is 15.1. The second-order valence-electron chi connectivity index (χ2n) is 19.2. The Morgan fingerprint density at radius 1 is 0.561 bits per heavy atom. The van der Waals surface area contributed by atoms with E-state index in [9.17, 15) is 0 Å². The van der Waals surface area contributed by atoms with Gasteiger partial charge in [0.15, 0.2) is 0 Å². The molecule has 0 amide bonds. The maximum Gasteiger partial charge on any atom is 0.127 e. The number of epoxide rings is 2. The van der Waals surface area contributed by atoms with Gasteiger partial charge in [-0.1, -0.05) is 88.4 Å². The molecule has 9 nitrogen and oxygen atoms in total. The Morgan fingerprint density at radius 2 is 1.03 bits per heavy atom. The van der Waals surface area contributed by atoms with E-state index in [-0.39, 0.29) is 23.2 Å². The molecule has 8 rings (SSSR count). The topological polar surface area (TPSA) is 83.3 Å². The van der Waals surface area contributed by atoms with Gasteiger partial charge in [0.05, 0.1) is 19.9 Å². The average molecular weight is 889 g/mol. The van der Waals surface area contributed by atoms with Crippen molar-refractivity contribution in [1.82, 2.24) is 0 Å². The minimum atomic E-state index is 0.0351. The number of para-hydroxylation sites is 2. The van der Waals surface area contributed by atoms with E-state index in [1.807, 2.05) is 36.4 Å². The summed E-state index contributed by atoms with van der Waals surface area (Å²) < 4.78 is 29.5. The number of anilines is 4. The highest BCUT2D eigenvalue weighted by Gasteiger charge is 2.26. The lowest BCUT2D eigenvalue weighted by Crippen LogP contribution is -2.33. The zero-order valence-electron chi connectivity index (χ0n) is 39.7. The van der Waals surface area contributed by atoms with Crippen LogP contribution in [0.25, 0.3) is 0 Å². The summed E-state index contributed by atoms with van der Waals surface area (Å²) in [4.78, 5) is 4.85. The van der Waals surface area contributed by atoms with E-state index in [1.54, 1.807) is 0 Å². The van der Waals surface area contributed by atoms with Crippen molar-refractivity contribution in [2.45, 2.75) is 91.6 Å². The smallest absolute Gasteiger partial charge is 0.127 e. The fourth-order valence-electron chi connectivity index (χ4n) is 7.70. The minimum absolute atomic E-state index is 0.0351. The quantitative estimate of drug-likeness (QED) is 0.0431. The first kappa shape index (κ1) is 46.4. The van der Waals surface area contributed by atoms with Crippen molar-refractivity contribution in [1.29, 1.82) is 0 Å². The van der Waals surface area contributed by atoms with Gasteiger partial charge in [-0.15, -0.1) is 0 Å². The van der Waals surface area contributed by atoms with E-state index in [0.717, 1.165) is 91.2 Å². The molecule has 0 aromatic heterocycles. The van der Waals surface area contributed by atoms with Crippen molar-refractivity contribution in [2.75, 3.05) is 60.1 Å². The van der Waals surface area contributed by atoms with E-state index in [1.165, 1.54) is 22.4 Å². The molecule has 0 spiro atoms. The first-order valence-electron chi connectivity index (χ1n) is 23.7. The number of hydrogen-bond acceptors (Lipinski definition) is 9. The molecule has 6 aromatic carbocycles. The molecule has 2 atom stereocenters. The molecule has 2 saturated heterocycles. The van der Waals surface area contributed by atoms with Crippen LogP contribution in [0.4, 0.5) is 22.7 Å². The maximum absolute atomic E-state index is 6.25. The molecule has 2 N–H and O–H groups in total. The monoisotopic (exact) mass is 889 g/mol. The van der Waals surface area contributed by atoms with Crippen molar-refractivity contribution in [3.8, 4) is 23.0 Å². The van der Waals surface area contributed by atoms with Crippen LogP contribution in [0, 0.1) is 5.41 Å². The molecular weight excluding hydrogens is 821 g/mol. The molecule has 2 fully saturated rings. The highest BCUT2D eigenvalue weighted by molar-refractivity contribution is 5.55. The molecule has 2 unspecified atom stereocenters. The second kappa shape index (κ2) is 21.4. The Morgan fingerprint density at radius 3 is 1.52 bits per heavy atom. The third kappa shape index (κ3) is 13.7. The molecule has 0 radical (unpaired) electrons. The van der Waals surface area contributed by atoms with Crippen LogP contribution in [0.15, 0.2) is 146 Å². The summed E-state index contributed by atoms with van der Waals surface area (Å²) in [5.41, 5.74) is 9.44. The Balaban J connectivity index is 0.936. The van der Waals surface area contributed by atoms with Crippen molar-refractivity contribution in [3.05, 3.63) is 168 Å². The van der Waals surface area contributed by atoms with Crippen LogP contribution in [0.3, 0.4) is 0 Å². The Bertz CT molecular complexity index is 2430. The number of rotatable bonds is 25. The van der Waals surface area contributed by atoms with Gasteiger partial charge < -0.3 is 44.1 Å². The summed E-state index contributed by atoms with van der Waals surface area (Å²) >= 11 is 0. The van der Waals surface area contributed by atoms with Gasteiger partial charge in [-0.25, -0.2) is 0 Å². The lowest BCUT2D eigenvalue weighted by molar-refractivity contribution is 0.260. The summed E-state index contributed by atoms with van der Waals surface area (Å²) in [6.07, 6.45) is 3.37. The van der Waals surface area contributed by atoms with Crippen LogP contribution >= 0.6 is 0 Å². The van der Waals surface area contributed by atoms with Crippen LogP contribution in [-0.4, -0.2) is 57.4 Å². The van der Waals surface area contributed by atoms with E-state index in [0.29, 0.717) is 26.4 Å². The highest BCUT2D eigenvalue weighted by Crippen LogP contribution is 2.32. The second-order valence-corrected chi connectivity index (χ2v) is 19.2. The largest absolute Gasteiger partial charge is 0.490 e. The molecule has 2 aliphatic rings. The molecule has 66 heavy (non-hydrogen) atoms. The minimum Gasteiger partial charge on any atom is -0.490 e. The average Bonchev–Trinajstić information content (AvgIpc) is 4.28. The predicted octanol–water partition coefficient (Wildman–Crippen LogP) is 12.7. The van der Waals surface area contributed by atoms with Crippen molar-refractivity contribution >= 4 is 22.7 Å². The number of nitrogens with one attached hydrogen (secondary N) is 2. The van der Waals surface area contributed by atoms with E-state index in [4.69, 9.17) is 23.7 Å². The van der Waals surface area contributed by atoms with Gasteiger partial charge in [0, 0.05) is 59.0 Å². The van der Waals surface area contributed by atoms with Crippen molar-refractivity contribution in [2.24, 2.45) is 5.41 Å². The van der Waals surface area contributed by atoms with E-state index in [2.05, 4.69) is 171 Å². The fraction of sp³-hybridized carbons (Fsp3) is 0.368. The van der Waals surface area contributed by atoms with Gasteiger partial charge in [0.25, 0.3) is 0 Å². The number of benzene rings is 6. The predicted molar refractivity (Wildman–Crippen MR) is 270 cm³/mol.